The van der Waals surface area contributed by atoms with Crippen LogP contribution < -0.4 is 15.8 Å². The van der Waals surface area contributed by atoms with Gasteiger partial charge in [0.2, 0.25) is 5.95 Å². The third kappa shape index (κ3) is 4.20. The zero-order valence-corrected chi connectivity index (χ0v) is 18.6. The van der Waals surface area contributed by atoms with Crippen LogP contribution in [0, 0.1) is 6.92 Å². The maximum atomic E-state index is 12.8. The summed E-state index contributed by atoms with van der Waals surface area (Å²) in [6.45, 7) is 4.17. The Labute approximate surface area is 190 Å². The summed E-state index contributed by atoms with van der Waals surface area (Å²) < 4.78 is 1.79. The molecule has 2 N–H and O–H groups in total. The number of aromatic nitrogens is 4. The fourth-order valence-electron chi connectivity index (χ4n) is 4.78. The van der Waals surface area contributed by atoms with Gasteiger partial charge in [0, 0.05) is 49.7 Å². The van der Waals surface area contributed by atoms with E-state index in [0.29, 0.717) is 43.3 Å². The number of aryl methyl sites for hydroxylation is 1. The highest BCUT2D eigenvalue weighted by Crippen LogP contribution is 2.30. The van der Waals surface area contributed by atoms with E-state index in [1.807, 2.05) is 31.2 Å². The van der Waals surface area contributed by atoms with Crippen molar-refractivity contribution >= 4 is 34.6 Å². The Morgan fingerprint density at radius 1 is 1.06 bits per heavy atom. The molecule has 10 heteroatoms. The van der Waals surface area contributed by atoms with E-state index in [4.69, 9.17) is 5.11 Å². The molecule has 5 rings (SSSR count). The van der Waals surface area contributed by atoms with Crippen LogP contribution in [-0.2, 0) is 0 Å². The van der Waals surface area contributed by atoms with Gasteiger partial charge in [0.15, 0.2) is 5.65 Å². The Hall–Kier alpha value is -3.69. The lowest BCUT2D eigenvalue weighted by Crippen LogP contribution is -2.48. The van der Waals surface area contributed by atoms with Gasteiger partial charge in [-0.05, 0) is 49.6 Å². The maximum absolute atomic E-state index is 12.8. The summed E-state index contributed by atoms with van der Waals surface area (Å²) in [5, 5.41) is 20.9. The predicted molar refractivity (Wildman–Crippen MR) is 125 cm³/mol. The summed E-state index contributed by atoms with van der Waals surface area (Å²) >= 11 is 0. The first-order valence-electron chi connectivity index (χ1n) is 11.4. The molecular formula is C23H27N7O3. The second-order valence-electron chi connectivity index (χ2n) is 8.71. The summed E-state index contributed by atoms with van der Waals surface area (Å²) in [5.74, 6) is 0.349. The molecule has 2 fully saturated rings. The minimum absolute atomic E-state index is 0.0364. The van der Waals surface area contributed by atoms with E-state index in [1.165, 1.54) is 4.90 Å². The van der Waals surface area contributed by atoms with Crippen LogP contribution in [0.3, 0.4) is 0 Å². The van der Waals surface area contributed by atoms with Gasteiger partial charge >= 0.3 is 6.09 Å². The van der Waals surface area contributed by atoms with Crippen molar-refractivity contribution in [2.24, 2.45) is 0 Å². The maximum Gasteiger partial charge on any atom is 0.407 e. The fourth-order valence-corrected chi connectivity index (χ4v) is 4.78. The van der Waals surface area contributed by atoms with E-state index < -0.39 is 6.09 Å². The minimum Gasteiger partial charge on any atom is -0.465 e. The third-order valence-corrected chi connectivity index (χ3v) is 6.58. The third-order valence-electron chi connectivity index (χ3n) is 6.58. The number of piperazine rings is 1. The zero-order valence-electron chi connectivity index (χ0n) is 18.6. The van der Waals surface area contributed by atoms with Gasteiger partial charge in [-0.2, -0.15) is 4.98 Å². The summed E-state index contributed by atoms with van der Waals surface area (Å²) in [4.78, 5) is 32.1. The zero-order chi connectivity index (χ0) is 22.9. The number of carboxylic acid groups (broad SMARTS) is 1. The molecule has 0 atom stereocenters. The molecule has 1 saturated heterocycles. The number of fused-ring (bicyclic) bond motifs is 1. The Morgan fingerprint density at radius 3 is 2.42 bits per heavy atom. The molecule has 3 aromatic rings. The lowest BCUT2D eigenvalue weighted by molar-refractivity contribution is 0.142. The Bertz CT molecular complexity index is 1230. The van der Waals surface area contributed by atoms with Crippen molar-refractivity contribution in [2.75, 3.05) is 36.4 Å². The SMILES string of the molecule is Cc1cc(=O)n(C2CCCC2)c2nc(Nc3ccc(N4CCN(C(=O)O)CC4)cc3)nnc12. The van der Waals surface area contributed by atoms with Gasteiger partial charge in [-0.15, -0.1) is 10.2 Å². The summed E-state index contributed by atoms with van der Waals surface area (Å²) in [7, 11) is 0. The van der Waals surface area contributed by atoms with Gasteiger partial charge in [-0.25, -0.2) is 4.79 Å². The molecule has 0 spiro atoms. The van der Waals surface area contributed by atoms with Crippen LogP contribution in [0.15, 0.2) is 35.1 Å². The molecule has 172 valence electrons. The number of hydrogen-bond donors (Lipinski definition) is 2. The number of amides is 1. The van der Waals surface area contributed by atoms with Crippen molar-refractivity contribution in [2.45, 2.75) is 38.6 Å². The fraction of sp³-hybridized carbons (Fsp3) is 0.435. The number of anilines is 3. The monoisotopic (exact) mass is 449 g/mol. The molecule has 1 aliphatic carbocycles. The molecule has 33 heavy (non-hydrogen) atoms. The van der Waals surface area contributed by atoms with Gasteiger partial charge in [-0.1, -0.05) is 12.8 Å². The van der Waals surface area contributed by atoms with E-state index in [1.54, 1.807) is 10.6 Å². The molecule has 0 bridgehead atoms. The normalized spacial score (nSPS) is 17.0. The molecule has 0 radical (unpaired) electrons. The first kappa shape index (κ1) is 21.2. The number of nitrogens with one attached hydrogen (secondary N) is 1. The molecule has 10 nitrogen and oxygen atoms in total. The first-order valence-corrected chi connectivity index (χ1v) is 11.4. The van der Waals surface area contributed by atoms with Crippen molar-refractivity contribution in [3.63, 3.8) is 0 Å². The predicted octanol–water partition coefficient (Wildman–Crippen LogP) is 3.15. The standard InChI is InChI=1S/C23H27N7O3/c1-15-14-19(31)30(18-4-2-3-5-18)21-20(15)26-27-22(25-21)24-16-6-8-17(9-7-16)28-10-12-29(13-11-28)23(32)33/h6-9,14,18H,2-5,10-13H2,1H3,(H,32,33)(H,24,25,27). The molecule has 2 aromatic heterocycles. The quantitative estimate of drug-likeness (QED) is 0.624. The second-order valence-corrected chi connectivity index (χ2v) is 8.71. The average Bonchev–Trinajstić information content (AvgIpc) is 3.34. The number of nitrogens with zero attached hydrogens (tertiary/aromatic N) is 6. The number of rotatable bonds is 4. The van der Waals surface area contributed by atoms with Crippen LogP contribution in [-0.4, -0.2) is 62.0 Å². The van der Waals surface area contributed by atoms with Gasteiger partial charge in [0.05, 0.1) is 0 Å². The van der Waals surface area contributed by atoms with Crippen molar-refractivity contribution in [1.82, 2.24) is 24.6 Å². The Kier molecular flexibility index (Phi) is 5.57. The largest absolute Gasteiger partial charge is 0.465 e. The number of hydrogen-bond acceptors (Lipinski definition) is 7. The van der Waals surface area contributed by atoms with Gasteiger partial charge in [0.1, 0.15) is 5.52 Å². The molecule has 1 amide bonds. The smallest absolute Gasteiger partial charge is 0.407 e. The van der Waals surface area contributed by atoms with Crippen LogP contribution in [0.25, 0.3) is 11.2 Å². The lowest BCUT2D eigenvalue weighted by Gasteiger charge is -2.34. The van der Waals surface area contributed by atoms with Crippen LogP contribution >= 0.6 is 0 Å². The van der Waals surface area contributed by atoms with Crippen LogP contribution in [0.4, 0.5) is 22.1 Å². The van der Waals surface area contributed by atoms with Crippen molar-refractivity contribution in [3.8, 4) is 0 Å². The van der Waals surface area contributed by atoms with Crippen LogP contribution in [0.2, 0.25) is 0 Å². The van der Waals surface area contributed by atoms with E-state index in [9.17, 15) is 9.59 Å². The van der Waals surface area contributed by atoms with Gasteiger partial charge < -0.3 is 20.2 Å². The lowest BCUT2D eigenvalue weighted by atomic mass is 10.2. The minimum atomic E-state index is -0.869. The number of benzene rings is 1. The average molecular weight is 450 g/mol. The van der Waals surface area contributed by atoms with Gasteiger partial charge in [0.25, 0.3) is 5.56 Å². The van der Waals surface area contributed by atoms with Crippen molar-refractivity contribution < 1.29 is 9.90 Å². The Balaban J connectivity index is 1.36. The summed E-state index contributed by atoms with van der Waals surface area (Å²) in [6.07, 6.45) is 3.33. The van der Waals surface area contributed by atoms with Crippen molar-refractivity contribution in [3.05, 3.63) is 46.2 Å². The number of pyridine rings is 1. The first-order chi connectivity index (χ1) is 16.0. The highest BCUT2D eigenvalue weighted by Gasteiger charge is 2.23. The second kappa shape index (κ2) is 8.68. The molecule has 1 saturated carbocycles. The summed E-state index contributed by atoms with van der Waals surface area (Å²) in [5.41, 5.74) is 3.83. The van der Waals surface area contributed by atoms with E-state index in [2.05, 4.69) is 25.4 Å². The molecule has 3 heterocycles. The molecule has 0 unspecified atom stereocenters. The van der Waals surface area contributed by atoms with Crippen LogP contribution in [0.5, 0.6) is 0 Å². The van der Waals surface area contributed by atoms with E-state index >= 15 is 0 Å². The highest BCUT2D eigenvalue weighted by atomic mass is 16.4. The van der Waals surface area contributed by atoms with Crippen LogP contribution in [0.1, 0.15) is 37.3 Å². The molecule has 1 aromatic carbocycles. The molecule has 1 aliphatic heterocycles. The Morgan fingerprint density at radius 2 is 1.76 bits per heavy atom. The van der Waals surface area contributed by atoms with E-state index in [-0.39, 0.29) is 11.6 Å². The summed E-state index contributed by atoms with van der Waals surface area (Å²) in [6, 6.07) is 9.64. The van der Waals surface area contributed by atoms with Crippen molar-refractivity contribution in [1.29, 1.82) is 0 Å². The van der Waals surface area contributed by atoms with Gasteiger partial charge in [-0.3, -0.25) is 9.36 Å². The topological polar surface area (TPSA) is 116 Å². The number of carbonyl (C=O) groups is 1. The van der Waals surface area contributed by atoms with E-state index in [0.717, 1.165) is 42.6 Å². The molecule has 2 aliphatic rings. The highest BCUT2D eigenvalue weighted by molar-refractivity contribution is 5.75. The molecular weight excluding hydrogens is 422 g/mol.